The number of sulfonamides is 1. The van der Waals surface area contributed by atoms with E-state index >= 15 is 0 Å². The molecule has 0 spiro atoms. The fourth-order valence-electron chi connectivity index (χ4n) is 2.23. The molecule has 0 aliphatic rings. The summed E-state index contributed by atoms with van der Waals surface area (Å²) in [5.41, 5.74) is 1.03. The van der Waals surface area contributed by atoms with Gasteiger partial charge in [-0.05, 0) is 35.9 Å². The van der Waals surface area contributed by atoms with Crippen LogP contribution in [0.4, 0.5) is 10.8 Å². The first-order chi connectivity index (χ1) is 13.5. The highest BCUT2D eigenvalue weighted by molar-refractivity contribution is 7.93. The van der Waals surface area contributed by atoms with E-state index in [1.54, 1.807) is 29.6 Å². The number of thiazole rings is 1. The van der Waals surface area contributed by atoms with Crippen LogP contribution in [0.3, 0.4) is 0 Å². The molecule has 2 aromatic carbocycles. The Hall–Kier alpha value is -3.48. The van der Waals surface area contributed by atoms with Crippen molar-refractivity contribution in [3.63, 3.8) is 0 Å². The second kappa shape index (κ2) is 8.47. The van der Waals surface area contributed by atoms with Crippen LogP contribution in [-0.4, -0.2) is 19.3 Å². The molecule has 140 valence electrons. The lowest BCUT2D eigenvalue weighted by atomic mass is 10.1. The number of carbonyl (C=O) groups is 1. The number of nitrogens with one attached hydrogen (secondary N) is 2. The Balaban J connectivity index is 1.72. The highest BCUT2D eigenvalue weighted by Gasteiger charge is 2.16. The SMILES string of the molecule is N#C/C(=C/c1ccccc1)C(=O)Nc1ccc(S(=O)(=O)Nc2nccs2)cc1. The fraction of sp³-hybridized carbons (Fsp3) is 0. The molecular weight excluding hydrogens is 396 g/mol. The van der Waals surface area contributed by atoms with Gasteiger partial charge in [0.25, 0.3) is 15.9 Å². The van der Waals surface area contributed by atoms with Crippen LogP contribution in [0.5, 0.6) is 0 Å². The molecule has 0 atom stereocenters. The predicted octanol–water partition coefficient (Wildman–Crippen LogP) is 3.49. The highest BCUT2D eigenvalue weighted by atomic mass is 32.2. The zero-order valence-corrected chi connectivity index (χ0v) is 16.0. The molecule has 0 bridgehead atoms. The molecular formula is C19H14N4O3S2. The Labute approximate surface area is 166 Å². The van der Waals surface area contributed by atoms with Crippen molar-refractivity contribution in [1.29, 1.82) is 5.26 Å². The molecule has 9 heteroatoms. The molecule has 0 unspecified atom stereocenters. The Kier molecular flexibility index (Phi) is 5.84. The fourth-order valence-corrected chi connectivity index (χ4v) is 4.02. The molecule has 0 aliphatic carbocycles. The monoisotopic (exact) mass is 410 g/mol. The highest BCUT2D eigenvalue weighted by Crippen LogP contribution is 2.20. The minimum atomic E-state index is -3.77. The lowest BCUT2D eigenvalue weighted by molar-refractivity contribution is -0.112. The summed E-state index contributed by atoms with van der Waals surface area (Å²) < 4.78 is 27.0. The topological polar surface area (TPSA) is 112 Å². The number of benzene rings is 2. The van der Waals surface area contributed by atoms with Gasteiger partial charge in [-0.15, -0.1) is 11.3 Å². The largest absolute Gasteiger partial charge is 0.321 e. The van der Waals surface area contributed by atoms with Gasteiger partial charge in [0.05, 0.1) is 4.90 Å². The van der Waals surface area contributed by atoms with E-state index in [1.807, 2.05) is 12.1 Å². The Bertz CT molecular complexity index is 1130. The minimum Gasteiger partial charge on any atom is -0.321 e. The van der Waals surface area contributed by atoms with Crippen LogP contribution in [0, 0.1) is 11.3 Å². The summed E-state index contributed by atoms with van der Waals surface area (Å²) in [6.45, 7) is 0. The molecule has 1 heterocycles. The molecule has 0 fully saturated rings. The summed E-state index contributed by atoms with van der Waals surface area (Å²) in [7, 11) is -3.77. The molecule has 3 rings (SSSR count). The van der Waals surface area contributed by atoms with Crippen LogP contribution in [0.25, 0.3) is 6.08 Å². The maximum Gasteiger partial charge on any atom is 0.266 e. The van der Waals surface area contributed by atoms with Crippen molar-refractivity contribution >= 4 is 44.2 Å². The Morgan fingerprint density at radius 1 is 1.11 bits per heavy atom. The first-order valence-corrected chi connectivity index (χ1v) is 10.3. The van der Waals surface area contributed by atoms with Gasteiger partial charge < -0.3 is 5.32 Å². The lowest BCUT2D eigenvalue weighted by Crippen LogP contribution is -2.15. The zero-order chi connectivity index (χ0) is 20.0. The molecule has 2 N–H and O–H groups in total. The second-order valence-electron chi connectivity index (χ2n) is 5.50. The number of nitriles is 1. The molecule has 1 aromatic heterocycles. The van der Waals surface area contributed by atoms with Gasteiger partial charge in [0, 0.05) is 17.3 Å². The van der Waals surface area contributed by atoms with E-state index in [9.17, 15) is 18.5 Å². The molecule has 28 heavy (non-hydrogen) atoms. The van der Waals surface area contributed by atoms with E-state index in [4.69, 9.17) is 0 Å². The van der Waals surface area contributed by atoms with Crippen molar-refractivity contribution in [2.75, 3.05) is 10.0 Å². The summed E-state index contributed by atoms with van der Waals surface area (Å²) in [5.74, 6) is -0.581. The van der Waals surface area contributed by atoms with Gasteiger partial charge >= 0.3 is 0 Å². The van der Waals surface area contributed by atoms with Gasteiger partial charge in [-0.25, -0.2) is 13.4 Å². The third kappa shape index (κ3) is 4.82. The van der Waals surface area contributed by atoms with Gasteiger partial charge in [0.15, 0.2) is 5.13 Å². The van der Waals surface area contributed by atoms with Crippen molar-refractivity contribution in [2.45, 2.75) is 4.90 Å². The summed E-state index contributed by atoms with van der Waals surface area (Å²) >= 11 is 1.17. The maximum atomic E-state index is 12.3. The summed E-state index contributed by atoms with van der Waals surface area (Å²) in [4.78, 5) is 16.2. The first-order valence-electron chi connectivity index (χ1n) is 7.98. The van der Waals surface area contributed by atoms with Crippen LogP contribution >= 0.6 is 11.3 Å². The molecule has 3 aromatic rings. The molecule has 0 saturated carbocycles. The van der Waals surface area contributed by atoms with Gasteiger partial charge in [-0.2, -0.15) is 5.26 Å². The second-order valence-corrected chi connectivity index (χ2v) is 8.08. The number of amides is 1. The summed E-state index contributed by atoms with van der Waals surface area (Å²) in [6.07, 6.45) is 2.98. The average Bonchev–Trinajstić information content (AvgIpc) is 3.19. The molecule has 0 saturated heterocycles. The number of aromatic nitrogens is 1. The number of nitrogens with zero attached hydrogens (tertiary/aromatic N) is 2. The zero-order valence-electron chi connectivity index (χ0n) is 14.4. The van der Waals surface area contributed by atoms with Crippen molar-refractivity contribution in [3.8, 4) is 6.07 Å². The first kappa shape index (κ1) is 19.3. The normalized spacial score (nSPS) is 11.5. The van der Waals surface area contributed by atoms with Gasteiger partial charge in [-0.3, -0.25) is 9.52 Å². The molecule has 1 amide bonds. The van der Waals surface area contributed by atoms with Gasteiger partial charge in [-0.1, -0.05) is 30.3 Å². The van der Waals surface area contributed by atoms with E-state index in [-0.39, 0.29) is 15.6 Å². The average molecular weight is 410 g/mol. The van der Waals surface area contributed by atoms with E-state index < -0.39 is 15.9 Å². The Morgan fingerprint density at radius 3 is 2.43 bits per heavy atom. The number of rotatable bonds is 6. The standard InChI is InChI=1S/C19H14N4O3S2/c20-13-15(12-14-4-2-1-3-5-14)18(24)22-16-6-8-17(9-7-16)28(25,26)23-19-21-10-11-27-19/h1-12H,(H,21,23)(H,22,24)/b15-12-. The quantitative estimate of drug-likeness (QED) is 0.477. The van der Waals surface area contributed by atoms with E-state index in [0.717, 1.165) is 5.56 Å². The summed E-state index contributed by atoms with van der Waals surface area (Å²) in [5, 5.41) is 13.7. The molecule has 7 nitrogen and oxygen atoms in total. The van der Waals surface area contributed by atoms with Crippen LogP contribution in [0.1, 0.15) is 5.56 Å². The minimum absolute atomic E-state index is 0.0287. The van der Waals surface area contributed by atoms with Crippen LogP contribution in [0.2, 0.25) is 0 Å². The Morgan fingerprint density at radius 2 is 1.82 bits per heavy atom. The van der Waals surface area contributed by atoms with E-state index in [0.29, 0.717) is 5.69 Å². The van der Waals surface area contributed by atoms with Crippen LogP contribution < -0.4 is 10.0 Å². The van der Waals surface area contributed by atoms with Crippen molar-refractivity contribution in [2.24, 2.45) is 0 Å². The predicted molar refractivity (Wildman–Crippen MR) is 108 cm³/mol. The van der Waals surface area contributed by atoms with Crippen molar-refractivity contribution in [1.82, 2.24) is 4.98 Å². The third-order valence-corrected chi connectivity index (χ3v) is 5.72. The molecule has 0 radical (unpaired) electrons. The third-order valence-electron chi connectivity index (χ3n) is 3.55. The van der Waals surface area contributed by atoms with Crippen LogP contribution in [0.15, 0.2) is 76.6 Å². The smallest absolute Gasteiger partial charge is 0.266 e. The van der Waals surface area contributed by atoms with Crippen molar-refractivity contribution < 1.29 is 13.2 Å². The van der Waals surface area contributed by atoms with Gasteiger partial charge in [0.2, 0.25) is 0 Å². The summed E-state index contributed by atoms with van der Waals surface area (Å²) in [6, 6.07) is 16.5. The number of hydrogen-bond acceptors (Lipinski definition) is 6. The van der Waals surface area contributed by atoms with Crippen molar-refractivity contribution in [3.05, 3.63) is 77.3 Å². The van der Waals surface area contributed by atoms with Crippen LogP contribution in [-0.2, 0) is 14.8 Å². The maximum absolute atomic E-state index is 12.3. The lowest BCUT2D eigenvalue weighted by Gasteiger charge is -2.07. The van der Waals surface area contributed by atoms with E-state index in [2.05, 4.69) is 15.0 Å². The molecule has 0 aliphatic heterocycles. The number of anilines is 2. The number of carbonyl (C=O) groups excluding carboxylic acids is 1. The van der Waals surface area contributed by atoms with Gasteiger partial charge in [0.1, 0.15) is 11.6 Å². The number of hydrogen-bond donors (Lipinski definition) is 2. The van der Waals surface area contributed by atoms with E-state index in [1.165, 1.54) is 47.9 Å².